The monoisotopic (exact) mass is 464 g/mol. The van der Waals surface area contributed by atoms with Crippen molar-refractivity contribution in [3.05, 3.63) is 58.1 Å². The van der Waals surface area contributed by atoms with Crippen molar-refractivity contribution in [3.8, 4) is 5.75 Å². The molecule has 0 aliphatic rings. The molecule has 0 heterocycles. The number of halogens is 1. The summed E-state index contributed by atoms with van der Waals surface area (Å²) in [6.45, 7) is 3.95. The molecule has 0 aromatic heterocycles. The van der Waals surface area contributed by atoms with Crippen LogP contribution in [-0.4, -0.2) is 30.2 Å². The van der Waals surface area contributed by atoms with E-state index >= 15 is 0 Å². The van der Waals surface area contributed by atoms with Crippen LogP contribution in [0.3, 0.4) is 0 Å². The van der Waals surface area contributed by atoms with Crippen LogP contribution in [0.4, 0.5) is 5.69 Å². The number of carbonyl (C=O) groups is 2. The topological polar surface area (TPSA) is 76.7 Å². The van der Waals surface area contributed by atoms with Crippen LogP contribution in [0.1, 0.15) is 29.8 Å². The van der Waals surface area contributed by atoms with Crippen LogP contribution in [0, 0.1) is 0 Å². The molecule has 0 aliphatic heterocycles. The van der Waals surface area contributed by atoms with Gasteiger partial charge in [0.1, 0.15) is 5.75 Å². The number of ether oxygens (including phenoxy) is 2. The van der Waals surface area contributed by atoms with Gasteiger partial charge in [-0.05, 0) is 83.5 Å². The van der Waals surface area contributed by atoms with E-state index in [1.807, 2.05) is 18.2 Å². The average Bonchev–Trinajstić information content (AvgIpc) is 2.67. The van der Waals surface area contributed by atoms with Gasteiger partial charge in [0.25, 0.3) is 5.91 Å². The summed E-state index contributed by atoms with van der Waals surface area (Å²) in [5.41, 5.74) is 2.25. The number of hydrogen-bond acceptors (Lipinski definition) is 5. The molecule has 0 saturated heterocycles. The smallest absolute Gasteiger partial charge is 0.338 e. The van der Waals surface area contributed by atoms with Gasteiger partial charge in [-0.15, -0.1) is 0 Å². The quantitative estimate of drug-likeness (QED) is 0.474. The second-order valence-corrected chi connectivity index (χ2v) is 6.97. The SMILES string of the molecule is CCOC(=O)c1ccc(NC(=S)NC(=O)COc2ccc(CC)cc2Br)cc1. The van der Waals surface area contributed by atoms with E-state index in [1.54, 1.807) is 31.2 Å². The largest absolute Gasteiger partial charge is 0.483 e. The second kappa shape index (κ2) is 10.8. The molecule has 8 heteroatoms. The molecule has 0 atom stereocenters. The zero-order valence-corrected chi connectivity index (χ0v) is 18.0. The van der Waals surface area contributed by atoms with Crippen LogP contribution in [0.15, 0.2) is 46.9 Å². The molecule has 0 fully saturated rings. The van der Waals surface area contributed by atoms with Crippen molar-refractivity contribution in [1.29, 1.82) is 0 Å². The summed E-state index contributed by atoms with van der Waals surface area (Å²) in [5, 5.41) is 5.56. The van der Waals surface area contributed by atoms with Crippen molar-refractivity contribution in [3.63, 3.8) is 0 Å². The lowest BCUT2D eigenvalue weighted by Gasteiger charge is -2.12. The van der Waals surface area contributed by atoms with Gasteiger partial charge in [0.15, 0.2) is 11.7 Å². The molecule has 148 valence electrons. The van der Waals surface area contributed by atoms with E-state index in [-0.39, 0.29) is 23.6 Å². The van der Waals surface area contributed by atoms with Crippen LogP contribution in [0.25, 0.3) is 0 Å². The van der Waals surface area contributed by atoms with E-state index in [1.165, 1.54) is 5.56 Å². The molecule has 6 nitrogen and oxygen atoms in total. The summed E-state index contributed by atoms with van der Waals surface area (Å²) in [7, 11) is 0. The van der Waals surface area contributed by atoms with Gasteiger partial charge in [0, 0.05) is 5.69 Å². The highest BCUT2D eigenvalue weighted by molar-refractivity contribution is 9.10. The number of anilines is 1. The lowest BCUT2D eigenvalue weighted by molar-refractivity contribution is -0.121. The molecule has 0 radical (unpaired) electrons. The van der Waals surface area contributed by atoms with Crippen LogP contribution in [0.5, 0.6) is 5.75 Å². The summed E-state index contributed by atoms with van der Waals surface area (Å²) < 4.78 is 11.2. The van der Waals surface area contributed by atoms with E-state index in [4.69, 9.17) is 21.7 Å². The average molecular weight is 465 g/mol. The van der Waals surface area contributed by atoms with E-state index in [0.29, 0.717) is 23.6 Å². The Morgan fingerprint density at radius 1 is 1.11 bits per heavy atom. The number of esters is 1. The van der Waals surface area contributed by atoms with Crippen LogP contribution in [0.2, 0.25) is 0 Å². The van der Waals surface area contributed by atoms with Gasteiger partial charge in [0.2, 0.25) is 0 Å². The Bertz CT molecular complexity index is 856. The van der Waals surface area contributed by atoms with E-state index in [9.17, 15) is 9.59 Å². The van der Waals surface area contributed by atoms with Gasteiger partial charge >= 0.3 is 5.97 Å². The lowest BCUT2D eigenvalue weighted by Crippen LogP contribution is -2.37. The summed E-state index contributed by atoms with van der Waals surface area (Å²) >= 11 is 8.56. The van der Waals surface area contributed by atoms with Crippen LogP contribution < -0.4 is 15.4 Å². The minimum absolute atomic E-state index is 0.137. The summed E-state index contributed by atoms with van der Waals surface area (Å²) in [6, 6.07) is 12.3. The molecular weight excluding hydrogens is 444 g/mol. The fourth-order valence-corrected chi connectivity index (χ4v) is 3.03. The first-order chi connectivity index (χ1) is 13.4. The lowest BCUT2D eigenvalue weighted by atomic mass is 10.2. The Hall–Kier alpha value is -2.45. The highest BCUT2D eigenvalue weighted by Gasteiger charge is 2.09. The van der Waals surface area contributed by atoms with Gasteiger partial charge in [0.05, 0.1) is 16.6 Å². The van der Waals surface area contributed by atoms with Crippen molar-refractivity contribution in [2.75, 3.05) is 18.5 Å². The zero-order chi connectivity index (χ0) is 20.5. The highest BCUT2D eigenvalue weighted by atomic mass is 79.9. The number of amides is 1. The maximum Gasteiger partial charge on any atom is 0.338 e. The minimum atomic E-state index is -0.389. The number of hydrogen-bond donors (Lipinski definition) is 2. The maximum absolute atomic E-state index is 12.0. The Balaban J connectivity index is 1.82. The molecule has 2 rings (SSSR count). The first kappa shape index (κ1) is 21.8. The first-order valence-corrected chi connectivity index (χ1v) is 9.92. The maximum atomic E-state index is 12.0. The Morgan fingerprint density at radius 2 is 1.82 bits per heavy atom. The standard InChI is InChI=1S/C20H21BrN2O4S/c1-3-13-5-10-17(16(21)11-13)27-12-18(24)23-20(28)22-15-8-6-14(7-9-15)19(25)26-4-2/h5-11H,3-4,12H2,1-2H3,(H2,22,23,24,28). The molecule has 0 unspecified atom stereocenters. The van der Waals surface area contributed by atoms with Crippen molar-refractivity contribution in [1.82, 2.24) is 5.32 Å². The highest BCUT2D eigenvalue weighted by Crippen LogP contribution is 2.26. The van der Waals surface area contributed by atoms with Gasteiger partial charge in [-0.3, -0.25) is 10.1 Å². The third-order valence-electron chi connectivity index (χ3n) is 3.67. The zero-order valence-electron chi connectivity index (χ0n) is 15.6. The van der Waals surface area contributed by atoms with E-state index in [0.717, 1.165) is 10.9 Å². The number of carbonyl (C=O) groups excluding carboxylic acids is 2. The number of benzene rings is 2. The van der Waals surface area contributed by atoms with Crippen LogP contribution >= 0.6 is 28.1 Å². The minimum Gasteiger partial charge on any atom is -0.483 e. The number of rotatable bonds is 7. The molecule has 28 heavy (non-hydrogen) atoms. The Labute approximate surface area is 177 Å². The number of nitrogens with one attached hydrogen (secondary N) is 2. The Kier molecular flexibility index (Phi) is 8.41. The fourth-order valence-electron chi connectivity index (χ4n) is 2.25. The van der Waals surface area contributed by atoms with Gasteiger partial charge in [-0.1, -0.05) is 13.0 Å². The van der Waals surface area contributed by atoms with Crippen molar-refractivity contribution in [2.45, 2.75) is 20.3 Å². The van der Waals surface area contributed by atoms with E-state index in [2.05, 4.69) is 33.5 Å². The summed E-state index contributed by atoms with van der Waals surface area (Å²) in [5.74, 6) is -0.187. The van der Waals surface area contributed by atoms with Gasteiger partial charge < -0.3 is 14.8 Å². The van der Waals surface area contributed by atoms with Crippen molar-refractivity contribution >= 4 is 50.8 Å². The molecule has 1 amide bonds. The number of aryl methyl sites for hydroxylation is 1. The third-order valence-corrected chi connectivity index (χ3v) is 4.49. The van der Waals surface area contributed by atoms with Crippen molar-refractivity contribution in [2.24, 2.45) is 0 Å². The number of thiocarbonyl (C=S) groups is 1. The third kappa shape index (κ3) is 6.61. The van der Waals surface area contributed by atoms with Gasteiger partial charge in [-0.2, -0.15) is 0 Å². The summed E-state index contributed by atoms with van der Waals surface area (Å²) in [4.78, 5) is 23.7. The summed E-state index contributed by atoms with van der Waals surface area (Å²) in [6.07, 6.45) is 0.917. The fraction of sp³-hybridized carbons (Fsp3) is 0.250. The Morgan fingerprint density at radius 3 is 2.43 bits per heavy atom. The molecule has 0 spiro atoms. The molecule has 0 bridgehead atoms. The molecule has 2 aromatic rings. The van der Waals surface area contributed by atoms with Crippen molar-refractivity contribution < 1.29 is 19.1 Å². The van der Waals surface area contributed by atoms with Gasteiger partial charge in [-0.25, -0.2) is 4.79 Å². The van der Waals surface area contributed by atoms with E-state index < -0.39 is 0 Å². The molecule has 2 aromatic carbocycles. The normalized spacial score (nSPS) is 10.1. The predicted molar refractivity (Wildman–Crippen MR) is 116 cm³/mol. The second-order valence-electron chi connectivity index (χ2n) is 5.71. The predicted octanol–water partition coefficient (Wildman–Crippen LogP) is 4.08. The van der Waals surface area contributed by atoms with Crippen LogP contribution in [-0.2, 0) is 16.0 Å². The molecular formula is C20H21BrN2O4S. The molecule has 0 aliphatic carbocycles. The first-order valence-electron chi connectivity index (χ1n) is 8.72. The molecule has 0 saturated carbocycles. The molecule has 2 N–H and O–H groups in total.